The Kier molecular flexibility index (Phi) is 7.30. The molecule has 0 bridgehead atoms. The van der Waals surface area contributed by atoms with Crippen LogP contribution in [-0.2, 0) is 4.79 Å². The van der Waals surface area contributed by atoms with Gasteiger partial charge in [-0.3, -0.25) is 4.79 Å². The molecule has 1 heterocycles. The van der Waals surface area contributed by atoms with Gasteiger partial charge in [0, 0.05) is 0 Å². The van der Waals surface area contributed by atoms with Gasteiger partial charge in [0.25, 0.3) is 5.91 Å². The Morgan fingerprint density at radius 1 is 1.03 bits per heavy atom. The lowest BCUT2D eigenvalue weighted by Gasteiger charge is -2.14. The summed E-state index contributed by atoms with van der Waals surface area (Å²) >= 11 is 0. The van der Waals surface area contributed by atoms with Crippen LogP contribution >= 0.6 is 0 Å². The number of rotatable bonds is 8. The van der Waals surface area contributed by atoms with Crippen molar-refractivity contribution in [2.24, 2.45) is 5.10 Å². The SMILES string of the molecule is Cc1ccc(C(C)C)c(OCC(=O)NN=Cc2ccc(OC(=O)c3ccc4c(c3)OCO4)cc2)c1. The average Bonchev–Trinajstić information content (AvgIpc) is 3.31. The highest BCUT2D eigenvalue weighted by Crippen LogP contribution is 2.33. The van der Waals surface area contributed by atoms with Gasteiger partial charge in [-0.15, -0.1) is 0 Å². The summed E-state index contributed by atoms with van der Waals surface area (Å²) in [5, 5.41) is 3.96. The first-order chi connectivity index (χ1) is 16.9. The van der Waals surface area contributed by atoms with Crippen molar-refractivity contribution in [1.29, 1.82) is 0 Å². The van der Waals surface area contributed by atoms with Gasteiger partial charge in [0.15, 0.2) is 18.1 Å². The van der Waals surface area contributed by atoms with Crippen molar-refractivity contribution < 1.29 is 28.5 Å². The van der Waals surface area contributed by atoms with Crippen molar-refractivity contribution in [2.75, 3.05) is 13.4 Å². The summed E-state index contributed by atoms with van der Waals surface area (Å²) in [7, 11) is 0. The Balaban J connectivity index is 1.27. The monoisotopic (exact) mass is 474 g/mol. The lowest BCUT2D eigenvalue weighted by molar-refractivity contribution is -0.123. The molecule has 1 aliphatic heterocycles. The largest absolute Gasteiger partial charge is 0.483 e. The number of ether oxygens (including phenoxy) is 4. The summed E-state index contributed by atoms with van der Waals surface area (Å²) in [6, 6.07) is 17.6. The molecule has 0 atom stereocenters. The van der Waals surface area contributed by atoms with E-state index in [0.717, 1.165) is 16.7 Å². The summed E-state index contributed by atoms with van der Waals surface area (Å²) in [6.07, 6.45) is 1.49. The molecule has 0 saturated heterocycles. The molecule has 180 valence electrons. The van der Waals surface area contributed by atoms with Gasteiger partial charge in [-0.1, -0.05) is 26.0 Å². The van der Waals surface area contributed by atoms with Crippen molar-refractivity contribution in [3.63, 3.8) is 0 Å². The van der Waals surface area contributed by atoms with Crippen LogP contribution in [0.2, 0.25) is 0 Å². The number of hydrazone groups is 1. The van der Waals surface area contributed by atoms with Crippen molar-refractivity contribution in [2.45, 2.75) is 26.7 Å². The molecule has 1 N–H and O–H groups in total. The molecule has 0 aliphatic carbocycles. The van der Waals surface area contributed by atoms with Crippen LogP contribution in [0.15, 0.2) is 65.8 Å². The Hall–Kier alpha value is -4.33. The number of nitrogens with one attached hydrogen (secondary N) is 1. The molecule has 0 spiro atoms. The lowest BCUT2D eigenvalue weighted by atomic mass is 10.0. The Morgan fingerprint density at radius 2 is 1.80 bits per heavy atom. The van der Waals surface area contributed by atoms with E-state index in [1.807, 2.05) is 25.1 Å². The van der Waals surface area contributed by atoms with Crippen LogP contribution in [0.1, 0.15) is 46.8 Å². The third-order valence-corrected chi connectivity index (χ3v) is 5.25. The van der Waals surface area contributed by atoms with E-state index in [1.165, 1.54) is 6.21 Å². The van der Waals surface area contributed by atoms with E-state index in [1.54, 1.807) is 42.5 Å². The van der Waals surface area contributed by atoms with E-state index in [9.17, 15) is 9.59 Å². The Morgan fingerprint density at radius 3 is 2.57 bits per heavy atom. The maximum absolute atomic E-state index is 12.4. The maximum Gasteiger partial charge on any atom is 0.343 e. The van der Waals surface area contributed by atoms with Crippen LogP contribution in [0.25, 0.3) is 0 Å². The highest BCUT2D eigenvalue weighted by Gasteiger charge is 2.17. The third kappa shape index (κ3) is 6.17. The summed E-state index contributed by atoms with van der Waals surface area (Å²) < 4.78 is 21.6. The molecular weight excluding hydrogens is 448 g/mol. The predicted molar refractivity (Wildman–Crippen MR) is 130 cm³/mol. The predicted octanol–water partition coefficient (Wildman–Crippen LogP) is 4.60. The molecule has 35 heavy (non-hydrogen) atoms. The van der Waals surface area contributed by atoms with E-state index in [0.29, 0.717) is 28.6 Å². The minimum Gasteiger partial charge on any atom is -0.483 e. The van der Waals surface area contributed by atoms with Crippen LogP contribution in [0.4, 0.5) is 0 Å². The van der Waals surface area contributed by atoms with Crippen LogP contribution in [0.3, 0.4) is 0 Å². The zero-order chi connectivity index (χ0) is 24.8. The Labute approximate surface area is 203 Å². The number of aryl methyl sites for hydroxylation is 1. The molecule has 0 saturated carbocycles. The van der Waals surface area contributed by atoms with Crippen LogP contribution in [0.5, 0.6) is 23.0 Å². The van der Waals surface area contributed by atoms with E-state index < -0.39 is 5.97 Å². The first-order valence-corrected chi connectivity index (χ1v) is 11.2. The zero-order valence-electron chi connectivity index (χ0n) is 19.7. The highest BCUT2D eigenvalue weighted by atomic mass is 16.7. The smallest absolute Gasteiger partial charge is 0.343 e. The van der Waals surface area contributed by atoms with E-state index in [-0.39, 0.29) is 25.2 Å². The molecule has 4 rings (SSSR count). The molecule has 0 unspecified atom stereocenters. The third-order valence-electron chi connectivity index (χ3n) is 5.25. The minimum absolute atomic E-state index is 0.135. The van der Waals surface area contributed by atoms with Gasteiger partial charge in [0.05, 0.1) is 11.8 Å². The number of esters is 1. The van der Waals surface area contributed by atoms with Crippen LogP contribution in [0, 0.1) is 6.92 Å². The number of carbonyl (C=O) groups excluding carboxylic acids is 2. The first-order valence-electron chi connectivity index (χ1n) is 11.2. The van der Waals surface area contributed by atoms with Crippen molar-refractivity contribution in [3.8, 4) is 23.0 Å². The minimum atomic E-state index is -0.508. The molecule has 8 heteroatoms. The number of fused-ring (bicyclic) bond motifs is 1. The van der Waals surface area contributed by atoms with Crippen molar-refractivity contribution in [1.82, 2.24) is 5.43 Å². The molecule has 0 radical (unpaired) electrons. The number of hydrogen-bond acceptors (Lipinski definition) is 7. The average molecular weight is 475 g/mol. The fourth-order valence-corrected chi connectivity index (χ4v) is 3.41. The summed E-state index contributed by atoms with van der Waals surface area (Å²) in [5.41, 5.74) is 5.64. The zero-order valence-corrected chi connectivity index (χ0v) is 19.7. The van der Waals surface area contributed by atoms with Gasteiger partial charge in [0.1, 0.15) is 11.5 Å². The molecule has 0 fully saturated rings. The molecule has 0 aromatic heterocycles. The molecule has 1 aliphatic rings. The van der Waals surface area contributed by atoms with Gasteiger partial charge in [0.2, 0.25) is 6.79 Å². The number of nitrogens with zero attached hydrogens (tertiary/aromatic N) is 1. The van der Waals surface area contributed by atoms with E-state index in [2.05, 4.69) is 24.4 Å². The van der Waals surface area contributed by atoms with Gasteiger partial charge in [-0.25, -0.2) is 10.2 Å². The molecule has 8 nitrogen and oxygen atoms in total. The second kappa shape index (κ2) is 10.7. The van der Waals surface area contributed by atoms with Crippen molar-refractivity contribution in [3.05, 3.63) is 82.9 Å². The quantitative estimate of drug-likeness (QED) is 0.222. The topological polar surface area (TPSA) is 95.5 Å². The number of carbonyl (C=O) groups is 2. The van der Waals surface area contributed by atoms with Gasteiger partial charge in [-0.05, 0) is 78.1 Å². The Bertz CT molecular complexity index is 1250. The van der Waals surface area contributed by atoms with Gasteiger partial charge >= 0.3 is 5.97 Å². The molecule has 1 amide bonds. The van der Waals surface area contributed by atoms with E-state index in [4.69, 9.17) is 18.9 Å². The van der Waals surface area contributed by atoms with Crippen molar-refractivity contribution >= 4 is 18.1 Å². The van der Waals surface area contributed by atoms with Gasteiger partial charge in [-0.2, -0.15) is 5.10 Å². The highest BCUT2D eigenvalue weighted by molar-refractivity contribution is 5.92. The second-order valence-corrected chi connectivity index (χ2v) is 8.30. The first kappa shape index (κ1) is 23.8. The van der Waals surface area contributed by atoms with Crippen LogP contribution in [-0.4, -0.2) is 31.5 Å². The van der Waals surface area contributed by atoms with Crippen LogP contribution < -0.4 is 24.4 Å². The lowest BCUT2D eigenvalue weighted by Crippen LogP contribution is -2.25. The normalized spacial score (nSPS) is 12.1. The fraction of sp³-hybridized carbons (Fsp3) is 0.222. The summed E-state index contributed by atoms with van der Waals surface area (Å²) in [5.74, 6) is 1.59. The number of amides is 1. The number of benzene rings is 3. The summed E-state index contributed by atoms with van der Waals surface area (Å²) in [6.45, 7) is 6.12. The van der Waals surface area contributed by atoms with Gasteiger partial charge < -0.3 is 18.9 Å². The molecule has 3 aromatic rings. The standard InChI is InChI=1S/C27H26N2O6/c1-17(2)22-10-4-18(3)12-24(22)32-15-26(30)29-28-14-19-5-8-21(9-6-19)35-27(31)20-7-11-23-25(13-20)34-16-33-23/h4-14,17H,15-16H2,1-3H3,(H,29,30). The summed E-state index contributed by atoms with van der Waals surface area (Å²) in [4.78, 5) is 24.5. The molecular formula is C27H26N2O6. The number of hydrogen-bond donors (Lipinski definition) is 1. The fourth-order valence-electron chi connectivity index (χ4n) is 3.41. The maximum atomic E-state index is 12.4. The second-order valence-electron chi connectivity index (χ2n) is 8.30. The molecule has 3 aromatic carbocycles. The van der Waals surface area contributed by atoms with E-state index >= 15 is 0 Å².